The number of methoxy groups -OCH3 is 1. The molecule has 0 aliphatic carbocycles. The summed E-state index contributed by atoms with van der Waals surface area (Å²) in [7, 11) is 3.51. The Labute approximate surface area is 181 Å². The van der Waals surface area contributed by atoms with Crippen LogP contribution in [-0.2, 0) is 6.42 Å². The van der Waals surface area contributed by atoms with Crippen LogP contribution in [0.1, 0.15) is 37.0 Å². The fourth-order valence-electron chi connectivity index (χ4n) is 4.06. The second-order valence-corrected chi connectivity index (χ2v) is 9.44. The number of amides is 1. The van der Waals surface area contributed by atoms with E-state index in [1.54, 1.807) is 7.11 Å². The molecule has 1 N–H and O–H groups in total. The third kappa shape index (κ3) is 3.81. The highest BCUT2D eigenvalue weighted by Crippen LogP contribution is 2.35. The van der Waals surface area contributed by atoms with Crippen molar-refractivity contribution >= 4 is 34.2 Å². The molecular formula is C23H26N4O2S. The molecule has 0 bridgehead atoms. The molecule has 2 aromatic carbocycles. The second-order valence-electron chi connectivity index (χ2n) is 7.85. The Hall–Kier alpha value is -2.80. The zero-order valence-corrected chi connectivity index (χ0v) is 18.5. The van der Waals surface area contributed by atoms with Crippen molar-refractivity contribution in [3.05, 3.63) is 59.2 Å². The molecule has 2 aromatic rings. The molecule has 156 valence electrons. The van der Waals surface area contributed by atoms with Crippen LogP contribution in [0.3, 0.4) is 0 Å². The lowest BCUT2D eigenvalue weighted by Gasteiger charge is -2.34. The first-order valence-electron chi connectivity index (χ1n) is 10.0. The number of amidine groups is 1. The molecule has 4 rings (SSSR count). The summed E-state index contributed by atoms with van der Waals surface area (Å²) in [5.41, 5.74) is 8.06. The largest absolute Gasteiger partial charge is 0.497 e. The molecule has 0 unspecified atom stereocenters. The average Bonchev–Trinajstić information content (AvgIpc) is 2.74. The predicted molar refractivity (Wildman–Crippen MR) is 124 cm³/mol. The Kier molecular flexibility index (Phi) is 5.56. The van der Waals surface area contributed by atoms with Crippen molar-refractivity contribution in [2.45, 2.75) is 31.4 Å². The number of thioether (sulfide) groups is 1. The Morgan fingerprint density at radius 2 is 2.00 bits per heavy atom. The third-order valence-electron chi connectivity index (χ3n) is 5.46. The normalized spacial score (nSPS) is 18.4. The lowest BCUT2D eigenvalue weighted by molar-refractivity contribution is 0.260. The molecule has 2 aliphatic heterocycles. The summed E-state index contributed by atoms with van der Waals surface area (Å²) in [6.45, 7) is 4.99. The molecule has 1 amide bonds. The second kappa shape index (κ2) is 8.14. The van der Waals surface area contributed by atoms with Crippen molar-refractivity contribution in [2.75, 3.05) is 25.6 Å². The van der Waals surface area contributed by atoms with Crippen LogP contribution >= 0.6 is 11.8 Å². The van der Waals surface area contributed by atoms with E-state index in [0.717, 1.165) is 47.8 Å². The standard InChI is InChI=1S/C23H26N4O2S/c1-23(2)20(25-26-22(28)30-23)17-9-12-19-16(14-17)6-5-13-27(19)21(24-3)15-7-10-18(29-4)11-8-15/h7-12,14H,5-6,13H2,1-4H3,(H,26,28)/b24-21-. The van der Waals surface area contributed by atoms with E-state index in [0.29, 0.717) is 0 Å². The van der Waals surface area contributed by atoms with Crippen molar-refractivity contribution in [3.63, 3.8) is 0 Å². The fourth-order valence-corrected chi connectivity index (χ4v) is 4.88. The summed E-state index contributed by atoms with van der Waals surface area (Å²) in [6.07, 6.45) is 2.06. The maximum absolute atomic E-state index is 11.7. The quantitative estimate of drug-likeness (QED) is 0.586. The van der Waals surface area contributed by atoms with Gasteiger partial charge in [0, 0.05) is 24.8 Å². The number of hydrogen-bond acceptors (Lipinski definition) is 5. The molecule has 0 spiro atoms. The number of hydrogen-bond donors (Lipinski definition) is 1. The molecule has 7 heteroatoms. The van der Waals surface area contributed by atoms with E-state index in [9.17, 15) is 4.79 Å². The number of fused-ring (bicyclic) bond motifs is 1. The number of ether oxygens (including phenoxy) is 1. The average molecular weight is 423 g/mol. The van der Waals surface area contributed by atoms with Crippen LogP contribution < -0.4 is 15.1 Å². The highest BCUT2D eigenvalue weighted by molar-refractivity contribution is 8.15. The highest BCUT2D eigenvalue weighted by Gasteiger charge is 2.34. The van der Waals surface area contributed by atoms with Crippen LogP contribution in [0.5, 0.6) is 5.75 Å². The predicted octanol–water partition coefficient (Wildman–Crippen LogP) is 4.46. The lowest BCUT2D eigenvalue weighted by Crippen LogP contribution is -2.39. The monoisotopic (exact) mass is 422 g/mol. The lowest BCUT2D eigenvalue weighted by atomic mass is 9.93. The van der Waals surface area contributed by atoms with Gasteiger partial charge in [0.05, 0.1) is 17.6 Å². The van der Waals surface area contributed by atoms with E-state index in [1.165, 1.54) is 23.0 Å². The summed E-state index contributed by atoms with van der Waals surface area (Å²) in [4.78, 5) is 18.6. The van der Waals surface area contributed by atoms with Gasteiger partial charge in [0.1, 0.15) is 11.6 Å². The highest BCUT2D eigenvalue weighted by atomic mass is 32.2. The van der Waals surface area contributed by atoms with Gasteiger partial charge < -0.3 is 9.64 Å². The van der Waals surface area contributed by atoms with E-state index in [1.807, 2.05) is 45.2 Å². The van der Waals surface area contributed by atoms with Gasteiger partial charge in [-0.15, -0.1) is 0 Å². The molecule has 0 radical (unpaired) electrons. The molecular weight excluding hydrogens is 396 g/mol. The molecule has 2 aliphatic rings. The van der Waals surface area contributed by atoms with Crippen molar-refractivity contribution in [1.29, 1.82) is 0 Å². The van der Waals surface area contributed by atoms with Crippen LogP contribution in [0.25, 0.3) is 0 Å². The third-order valence-corrected chi connectivity index (χ3v) is 6.44. The van der Waals surface area contributed by atoms with Crippen molar-refractivity contribution in [1.82, 2.24) is 5.43 Å². The van der Waals surface area contributed by atoms with Crippen LogP contribution in [-0.4, -0.2) is 42.2 Å². The van der Waals surface area contributed by atoms with Crippen molar-refractivity contribution in [3.8, 4) is 5.75 Å². The van der Waals surface area contributed by atoms with Gasteiger partial charge in [-0.2, -0.15) is 5.10 Å². The molecule has 0 saturated heterocycles. The van der Waals surface area contributed by atoms with E-state index < -0.39 is 0 Å². The smallest absolute Gasteiger partial charge is 0.300 e. The van der Waals surface area contributed by atoms with Crippen LogP contribution in [0.15, 0.2) is 52.6 Å². The van der Waals surface area contributed by atoms with Crippen molar-refractivity contribution in [2.24, 2.45) is 10.1 Å². The van der Waals surface area contributed by atoms with E-state index in [2.05, 4.69) is 38.6 Å². The molecule has 6 nitrogen and oxygen atoms in total. The summed E-state index contributed by atoms with van der Waals surface area (Å²) in [6, 6.07) is 14.5. The van der Waals surface area contributed by atoms with E-state index in [-0.39, 0.29) is 9.99 Å². The number of aliphatic imine (C=N–C) groups is 1. The van der Waals surface area contributed by atoms with Gasteiger partial charge in [-0.1, -0.05) is 17.8 Å². The number of aryl methyl sites for hydroxylation is 1. The molecule has 30 heavy (non-hydrogen) atoms. The maximum atomic E-state index is 11.7. The Morgan fingerprint density at radius 3 is 2.67 bits per heavy atom. The van der Waals surface area contributed by atoms with Crippen LogP contribution in [0, 0.1) is 0 Å². The van der Waals surface area contributed by atoms with E-state index in [4.69, 9.17) is 4.74 Å². The van der Waals surface area contributed by atoms with Gasteiger partial charge in [0.25, 0.3) is 5.24 Å². The zero-order valence-electron chi connectivity index (χ0n) is 17.7. The van der Waals surface area contributed by atoms with Gasteiger partial charge in [0.2, 0.25) is 0 Å². The molecule has 0 fully saturated rings. The SMILES string of the molecule is C/N=C(/c1ccc(OC)cc1)N1CCCc2cc(C3=NNC(=O)SC3(C)C)ccc21. The number of rotatable bonds is 3. The summed E-state index contributed by atoms with van der Waals surface area (Å²) in [5, 5.41) is 4.25. The molecule has 2 heterocycles. The minimum Gasteiger partial charge on any atom is -0.497 e. The van der Waals surface area contributed by atoms with Crippen molar-refractivity contribution < 1.29 is 9.53 Å². The van der Waals surface area contributed by atoms with E-state index >= 15 is 0 Å². The topological polar surface area (TPSA) is 66.3 Å². The first-order valence-corrected chi connectivity index (χ1v) is 10.8. The molecule has 0 aromatic heterocycles. The summed E-state index contributed by atoms with van der Waals surface area (Å²) >= 11 is 1.27. The number of benzene rings is 2. The first kappa shape index (κ1) is 20.5. The molecule has 0 atom stereocenters. The Bertz CT molecular complexity index is 1030. The van der Waals surface area contributed by atoms with Gasteiger partial charge in [-0.25, -0.2) is 5.43 Å². The number of carbonyl (C=O) groups is 1. The van der Waals surface area contributed by atoms with Gasteiger partial charge >= 0.3 is 0 Å². The van der Waals surface area contributed by atoms with Crippen LogP contribution in [0.4, 0.5) is 10.5 Å². The number of nitrogens with zero attached hydrogens (tertiary/aromatic N) is 3. The Balaban J connectivity index is 1.69. The minimum atomic E-state index is -0.371. The first-order chi connectivity index (χ1) is 14.4. The van der Waals surface area contributed by atoms with Crippen LogP contribution in [0.2, 0.25) is 0 Å². The van der Waals surface area contributed by atoms with Gasteiger partial charge in [0.15, 0.2) is 0 Å². The number of anilines is 1. The molecule has 0 saturated carbocycles. The van der Waals surface area contributed by atoms with Gasteiger partial charge in [-0.3, -0.25) is 9.79 Å². The number of hydrazone groups is 1. The maximum Gasteiger partial charge on any atom is 0.300 e. The fraction of sp³-hybridized carbons (Fsp3) is 0.348. The number of nitrogens with one attached hydrogen (secondary N) is 1. The zero-order chi connectivity index (χ0) is 21.3. The summed E-state index contributed by atoms with van der Waals surface area (Å²) < 4.78 is 4.91. The minimum absolute atomic E-state index is 0.115. The summed E-state index contributed by atoms with van der Waals surface area (Å²) in [5.74, 6) is 1.78. The van der Waals surface area contributed by atoms with Gasteiger partial charge in [-0.05, 0) is 74.2 Å². The number of carbonyl (C=O) groups excluding carboxylic acids is 1. The Morgan fingerprint density at radius 1 is 1.23 bits per heavy atom.